The van der Waals surface area contributed by atoms with Crippen molar-refractivity contribution in [2.75, 3.05) is 7.11 Å². The van der Waals surface area contributed by atoms with Crippen LogP contribution in [0.3, 0.4) is 0 Å². The zero-order valence-electron chi connectivity index (χ0n) is 10.3. The van der Waals surface area contributed by atoms with E-state index in [1.807, 2.05) is 0 Å². The third kappa shape index (κ3) is 4.99. The zero-order chi connectivity index (χ0) is 12.8. The van der Waals surface area contributed by atoms with Crippen molar-refractivity contribution in [3.8, 4) is 0 Å². The Balaban J connectivity index is 2.66. The lowest BCUT2D eigenvalue weighted by atomic mass is 10.1. The maximum atomic E-state index is 10.9. The van der Waals surface area contributed by atoms with Crippen LogP contribution in [0.2, 0.25) is 0 Å². The zero-order valence-corrected chi connectivity index (χ0v) is 10.3. The molecule has 2 unspecified atom stereocenters. The molecule has 0 aromatic heterocycles. The van der Waals surface area contributed by atoms with E-state index in [0.29, 0.717) is 12.8 Å². The molecule has 0 radical (unpaired) electrons. The molecule has 0 aromatic carbocycles. The molecule has 96 valence electrons. The first-order valence-corrected chi connectivity index (χ1v) is 5.56. The molecule has 5 nitrogen and oxygen atoms in total. The number of carbonyl (C=O) groups excluding carboxylic acids is 2. The molecule has 17 heavy (non-hydrogen) atoms. The van der Waals surface area contributed by atoms with Crippen LogP contribution in [0, 0.1) is 0 Å². The lowest BCUT2D eigenvalue weighted by molar-refractivity contribution is -0.145. The van der Waals surface area contributed by atoms with Gasteiger partial charge in [0.05, 0.1) is 6.10 Å². The van der Waals surface area contributed by atoms with Crippen LogP contribution < -0.4 is 0 Å². The van der Waals surface area contributed by atoms with Crippen LogP contribution >= 0.6 is 0 Å². The maximum absolute atomic E-state index is 10.9. The second-order valence-electron chi connectivity index (χ2n) is 4.01. The summed E-state index contributed by atoms with van der Waals surface area (Å²) in [5, 5.41) is 0. The molecule has 1 rings (SSSR count). The highest BCUT2D eigenvalue weighted by Gasteiger charge is 2.24. The van der Waals surface area contributed by atoms with Crippen molar-refractivity contribution in [2.24, 2.45) is 0 Å². The van der Waals surface area contributed by atoms with Gasteiger partial charge in [0.2, 0.25) is 0 Å². The van der Waals surface area contributed by atoms with E-state index in [1.54, 1.807) is 19.3 Å². The second-order valence-corrected chi connectivity index (χ2v) is 4.01. The summed E-state index contributed by atoms with van der Waals surface area (Å²) in [6.07, 6.45) is 3.89. The van der Waals surface area contributed by atoms with Gasteiger partial charge in [0.25, 0.3) is 0 Å². The van der Waals surface area contributed by atoms with Crippen molar-refractivity contribution < 1.29 is 23.8 Å². The predicted octanol–water partition coefficient (Wildman–Crippen LogP) is 1.21. The summed E-state index contributed by atoms with van der Waals surface area (Å²) in [6, 6.07) is 0. The highest BCUT2D eigenvalue weighted by atomic mass is 16.6. The van der Waals surface area contributed by atoms with Gasteiger partial charge in [-0.1, -0.05) is 0 Å². The predicted molar refractivity (Wildman–Crippen MR) is 60.3 cm³/mol. The summed E-state index contributed by atoms with van der Waals surface area (Å²) in [6.45, 7) is 2.73. The van der Waals surface area contributed by atoms with Crippen molar-refractivity contribution in [1.29, 1.82) is 0 Å². The van der Waals surface area contributed by atoms with Gasteiger partial charge in [-0.15, -0.1) is 0 Å². The summed E-state index contributed by atoms with van der Waals surface area (Å²) >= 11 is 0. The van der Waals surface area contributed by atoms with E-state index in [1.165, 1.54) is 13.8 Å². The minimum Gasteiger partial charge on any atom is -0.458 e. The quantitative estimate of drug-likeness (QED) is 0.550. The van der Waals surface area contributed by atoms with Gasteiger partial charge in [-0.05, 0) is 12.2 Å². The van der Waals surface area contributed by atoms with E-state index in [2.05, 4.69) is 0 Å². The van der Waals surface area contributed by atoms with Crippen LogP contribution in [0.4, 0.5) is 0 Å². The number of methoxy groups -OCH3 is 1. The Labute approximate surface area is 101 Å². The summed E-state index contributed by atoms with van der Waals surface area (Å²) in [5.74, 6) is -0.666. The topological polar surface area (TPSA) is 61.8 Å². The molecule has 0 amide bonds. The standard InChI is InChI=1S/C12H18O5/c1-8(13)16-10-4-5-11(17-9(2)14)7-12(6-10)15-3/h4-5,10-12H,6-7H2,1-3H3. The SMILES string of the molecule is COC1CC(OC(C)=O)C=CC(OC(C)=O)C1. The molecule has 0 bridgehead atoms. The summed E-state index contributed by atoms with van der Waals surface area (Å²) in [5.41, 5.74) is 0. The van der Waals surface area contributed by atoms with Gasteiger partial charge in [-0.3, -0.25) is 9.59 Å². The summed E-state index contributed by atoms with van der Waals surface area (Å²) in [4.78, 5) is 21.8. The largest absolute Gasteiger partial charge is 0.458 e. The average Bonchev–Trinajstić information content (AvgIpc) is 2.39. The number of carbonyl (C=O) groups is 2. The van der Waals surface area contributed by atoms with Gasteiger partial charge in [0.15, 0.2) is 0 Å². The van der Waals surface area contributed by atoms with Crippen LogP contribution in [-0.4, -0.2) is 37.4 Å². The van der Waals surface area contributed by atoms with E-state index in [4.69, 9.17) is 14.2 Å². The average molecular weight is 242 g/mol. The molecular weight excluding hydrogens is 224 g/mol. The first-order chi connectivity index (χ1) is 8.01. The van der Waals surface area contributed by atoms with Crippen LogP contribution in [-0.2, 0) is 23.8 Å². The second kappa shape index (κ2) is 6.39. The lowest BCUT2D eigenvalue weighted by Gasteiger charge is -2.19. The van der Waals surface area contributed by atoms with Gasteiger partial charge >= 0.3 is 11.9 Å². The molecule has 0 heterocycles. The van der Waals surface area contributed by atoms with E-state index in [9.17, 15) is 9.59 Å². The van der Waals surface area contributed by atoms with Gasteiger partial charge in [0.1, 0.15) is 12.2 Å². The number of esters is 2. The monoisotopic (exact) mass is 242 g/mol. The van der Waals surface area contributed by atoms with E-state index >= 15 is 0 Å². The van der Waals surface area contributed by atoms with Crippen LogP contribution in [0.1, 0.15) is 26.7 Å². The molecule has 0 aromatic rings. The van der Waals surface area contributed by atoms with Crippen LogP contribution in [0.5, 0.6) is 0 Å². The van der Waals surface area contributed by atoms with Crippen molar-refractivity contribution in [3.63, 3.8) is 0 Å². The first-order valence-electron chi connectivity index (χ1n) is 5.56. The van der Waals surface area contributed by atoms with Crippen molar-refractivity contribution >= 4 is 11.9 Å². The van der Waals surface area contributed by atoms with Crippen LogP contribution in [0.25, 0.3) is 0 Å². The Morgan fingerprint density at radius 1 is 1.00 bits per heavy atom. The fourth-order valence-corrected chi connectivity index (χ4v) is 1.81. The van der Waals surface area contributed by atoms with E-state index < -0.39 is 0 Å². The maximum Gasteiger partial charge on any atom is 0.303 e. The smallest absolute Gasteiger partial charge is 0.303 e. The Morgan fingerprint density at radius 3 is 1.71 bits per heavy atom. The third-order valence-electron chi connectivity index (χ3n) is 2.50. The first kappa shape index (κ1) is 13.7. The van der Waals surface area contributed by atoms with Gasteiger partial charge < -0.3 is 14.2 Å². The highest BCUT2D eigenvalue weighted by Crippen LogP contribution is 2.20. The Bertz CT molecular complexity index is 282. The molecule has 0 aliphatic heterocycles. The molecule has 0 saturated heterocycles. The number of rotatable bonds is 3. The van der Waals surface area contributed by atoms with E-state index in [-0.39, 0.29) is 30.3 Å². The molecule has 0 saturated carbocycles. The van der Waals surface area contributed by atoms with Crippen molar-refractivity contribution in [3.05, 3.63) is 12.2 Å². The minimum atomic E-state index is -0.333. The van der Waals surface area contributed by atoms with Crippen molar-refractivity contribution in [1.82, 2.24) is 0 Å². The number of hydrogen-bond acceptors (Lipinski definition) is 5. The third-order valence-corrected chi connectivity index (χ3v) is 2.50. The fourth-order valence-electron chi connectivity index (χ4n) is 1.81. The minimum absolute atomic E-state index is 0.0984. The van der Waals surface area contributed by atoms with Crippen molar-refractivity contribution in [2.45, 2.75) is 45.0 Å². The Kier molecular flexibility index (Phi) is 5.15. The normalized spacial score (nSPS) is 28.3. The molecule has 0 N–H and O–H groups in total. The molecular formula is C12H18O5. The lowest BCUT2D eigenvalue weighted by Crippen LogP contribution is -2.24. The summed E-state index contributed by atoms with van der Waals surface area (Å²) in [7, 11) is 1.59. The molecule has 0 spiro atoms. The van der Waals surface area contributed by atoms with Gasteiger partial charge in [-0.2, -0.15) is 0 Å². The van der Waals surface area contributed by atoms with E-state index in [0.717, 1.165) is 0 Å². The number of hydrogen-bond donors (Lipinski definition) is 0. The van der Waals surface area contributed by atoms with Gasteiger partial charge in [-0.25, -0.2) is 0 Å². The molecule has 2 atom stereocenters. The Morgan fingerprint density at radius 2 is 1.41 bits per heavy atom. The molecule has 5 heteroatoms. The Hall–Kier alpha value is -1.36. The summed E-state index contributed by atoms with van der Waals surface area (Å²) < 4.78 is 15.5. The highest BCUT2D eigenvalue weighted by molar-refractivity contribution is 5.66. The fraction of sp³-hybridized carbons (Fsp3) is 0.667. The van der Waals surface area contributed by atoms with Gasteiger partial charge in [0, 0.05) is 33.8 Å². The van der Waals surface area contributed by atoms with Crippen LogP contribution in [0.15, 0.2) is 12.2 Å². The number of ether oxygens (including phenoxy) is 3. The molecule has 1 aliphatic rings. The molecule has 1 aliphatic carbocycles. The molecule has 0 fully saturated rings.